The first-order chi connectivity index (χ1) is 13.4. The monoisotopic (exact) mass is 378 g/mol. The van der Waals surface area contributed by atoms with Crippen LogP contribution in [0.3, 0.4) is 0 Å². The van der Waals surface area contributed by atoms with E-state index in [2.05, 4.69) is 5.32 Å². The summed E-state index contributed by atoms with van der Waals surface area (Å²) >= 11 is 0. The Morgan fingerprint density at radius 3 is 2.32 bits per heavy atom. The minimum atomic E-state index is -0.533. The molecule has 2 aromatic rings. The topological polar surface area (TPSA) is 95.8 Å². The van der Waals surface area contributed by atoms with Crippen LogP contribution in [-0.4, -0.2) is 35.4 Å². The van der Waals surface area contributed by atoms with Crippen LogP contribution in [0.1, 0.15) is 17.2 Å². The van der Waals surface area contributed by atoms with Crippen molar-refractivity contribution in [2.24, 2.45) is 0 Å². The van der Waals surface area contributed by atoms with E-state index in [0.717, 1.165) is 11.1 Å². The van der Waals surface area contributed by atoms with Crippen molar-refractivity contribution < 1.29 is 14.5 Å². The van der Waals surface area contributed by atoms with Gasteiger partial charge in [0.05, 0.1) is 28.8 Å². The first-order valence-corrected chi connectivity index (χ1v) is 8.77. The van der Waals surface area contributed by atoms with Gasteiger partial charge < -0.3 is 10.2 Å². The minimum Gasteiger partial charge on any atom is -0.327 e. The lowest BCUT2D eigenvalue weighted by atomic mass is 9.95. The number of nitrogens with one attached hydrogen (secondary N) is 1. The van der Waals surface area contributed by atoms with E-state index in [1.165, 1.54) is 21.9 Å². The highest BCUT2D eigenvalue weighted by molar-refractivity contribution is 6.11. The number of amides is 3. The molecule has 0 spiro atoms. The number of hydrogen-bond donors (Lipinski definition) is 1. The quantitative estimate of drug-likeness (QED) is 0.656. The number of nitro benzene ring substituents is 1. The van der Waals surface area contributed by atoms with Crippen molar-refractivity contribution in [3.05, 3.63) is 81.0 Å². The molecule has 2 aliphatic rings. The van der Waals surface area contributed by atoms with Crippen LogP contribution in [-0.2, 0) is 4.79 Å². The molecule has 2 aliphatic heterocycles. The predicted molar refractivity (Wildman–Crippen MR) is 103 cm³/mol. The molecule has 0 fully saturated rings. The minimum absolute atomic E-state index is 0.0420. The number of carbonyl (C=O) groups is 2. The molecule has 2 aromatic carbocycles. The summed E-state index contributed by atoms with van der Waals surface area (Å²) in [6, 6.07) is 12.7. The van der Waals surface area contributed by atoms with Crippen molar-refractivity contribution in [2.45, 2.75) is 13.0 Å². The number of nitrogens with zero attached hydrogens (tertiary/aromatic N) is 3. The second-order valence-corrected chi connectivity index (χ2v) is 6.88. The molecular weight excluding hydrogens is 360 g/mol. The van der Waals surface area contributed by atoms with Gasteiger partial charge in [0.2, 0.25) is 0 Å². The van der Waals surface area contributed by atoms with Gasteiger partial charge in [0.15, 0.2) is 0 Å². The molecule has 0 saturated carbocycles. The molecule has 0 aliphatic carbocycles. The molecule has 1 atom stereocenters. The third-order valence-corrected chi connectivity index (χ3v) is 5.14. The summed E-state index contributed by atoms with van der Waals surface area (Å²) in [6.07, 6.45) is 0. The van der Waals surface area contributed by atoms with Crippen LogP contribution in [0.25, 0.3) is 0 Å². The van der Waals surface area contributed by atoms with Crippen LogP contribution in [0.5, 0.6) is 0 Å². The van der Waals surface area contributed by atoms with Gasteiger partial charge in [-0.05, 0) is 24.6 Å². The molecule has 28 heavy (non-hydrogen) atoms. The van der Waals surface area contributed by atoms with Gasteiger partial charge in [0.25, 0.3) is 11.6 Å². The van der Waals surface area contributed by atoms with E-state index >= 15 is 0 Å². The molecule has 0 radical (unpaired) electrons. The maximum Gasteiger partial charge on any atom is 0.322 e. The first kappa shape index (κ1) is 17.7. The van der Waals surface area contributed by atoms with Crippen molar-refractivity contribution in [3.63, 3.8) is 0 Å². The Labute approximate surface area is 161 Å². The van der Waals surface area contributed by atoms with E-state index in [1.54, 1.807) is 19.2 Å². The van der Waals surface area contributed by atoms with Crippen molar-refractivity contribution in [1.29, 1.82) is 0 Å². The lowest BCUT2D eigenvalue weighted by Crippen LogP contribution is -2.45. The molecule has 0 aromatic heterocycles. The molecule has 0 unspecified atom stereocenters. The average Bonchev–Trinajstić information content (AvgIpc) is 3.03. The fourth-order valence-electron chi connectivity index (χ4n) is 3.54. The second kappa shape index (κ2) is 6.49. The third kappa shape index (κ3) is 2.79. The Balaban J connectivity index is 1.71. The van der Waals surface area contributed by atoms with E-state index in [-0.39, 0.29) is 24.2 Å². The van der Waals surface area contributed by atoms with Crippen molar-refractivity contribution in [2.75, 3.05) is 18.5 Å². The number of aryl methyl sites for hydroxylation is 1. The van der Waals surface area contributed by atoms with Crippen LogP contribution in [0.4, 0.5) is 16.2 Å². The molecule has 3 amide bonds. The third-order valence-electron chi connectivity index (χ3n) is 5.14. The van der Waals surface area contributed by atoms with Gasteiger partial charge in [-0.3, -0.25) is 19.8 Å². The van der Waals surface area contributed by atoms with E-state index < -0.39 is 11.0 Å². The molecular formula is C20H18N4O4. The number of benzene rings is 2. The summed E-state index contributed by atoms with van der Waals surface area (Å²) in [6.45, 7) is 2.21. The Morgan fingerprint density at radius 2 is 1.71 bits per heavy atom. The lowest BCUT2D eigenvalue weighted by Gasteiger charge is -2.31. The fraction of sp³-hybridized carbons (Fsp3) is 0.200. The van der Waals surface area contributed by atoms with Gasteiger partial charge in [-0.2, -0.15) is 0 Å². The largest absolute Gasteiger partial charge is 0.327 e. The van der Waals surface area contributed by atoms with Gasteiger partial charge in [0.1, 0.15) is 0 Å². The summed E-state index contributed by atoms with van der Waals surface area (Å²) in [5.41, 5.74) is 3.58. The van der Waals surface area contributed by atoms with Crippen LogP contribution in [0, 0.1) is 17.0 Å². The highest BCUT2D eigenvalue weighted by atomic mass is 16.6. The first-order valence-electron chi connectivity index (χ1n) is 8.77. The number of urea groups is 1. The van der Waals surface area contributed by atoms with E-state index in [4.69, 9.17) is 0 Å². The molecule has 1 N–H and O–H groups in total. The van der Waals surface area contributed by atoms with E-state index in [0.29, 0.717) is 17.0 Å². The number of hydrogen-bond acceptors (Lipinski definition) is 4. The Morgan fingerprint density at radius 1 is 1.07 bits per heavy atom. The highest BCUT2D eigenvalue weighted by Crippen LogP contribution is 2.37. The highest BCUT2D eigenvalue weighted by Gasteiger charge is 2.43. The zero-order valence-corrected chi connectivity index (χ0v) is 15.4. The van der Waals surface area contributed by atoms with Gasteiger partial charge in [-0.1, -0.05) is 29.8 Å². The maximum absolute atomic E-state index is 13.2. The van der Waals surface area contributed by atoms with E-state index in [1.807, 2.05) is 31.2 Å². The fourth-order valence-corrected chi connectivity index (χ4v) is 3.54. The summed E-state index contributed by atoms with van der Waals surface area (Å²) in [5, 5.41) is 13.8. The van der Waals surface area contributed by atoms with Gasteiger partial charge >= 0.3 is 6.03 Å². The summed E-state index contributed by atoms with van der Waals surface area (Å²) < 4.78 is 0. The van der Waals surface area contributed by atoms with E-state index in [9.17, 15) is 19.7 Å². The van der Waals surface area contributed by atoms with Crippen LogP contribution in [0.15, 0.2) is 59.8 Å². The molecule has 0 bridgehead atoms. The second-order valence-electron chi connectivity index (χ2n) is 6.88. The molecule has 0 saturated heterocycles. The Kier molecular flexibility index (Phi) is 4.11. The molecule has 8 heteroatoms. The summed E-state index contributed by atoms with van der Waals surface area (Å²) in [7, 11) is 1.63. The number of carbonyl (C=O) groups excluding carboxylic acids is 2. The van der Waals surface area contributed by atoms with Crippen LogP contribution >= 0.6 is 0 Å². The molecule has 142 valence electrons. The smallest absolute Gasteiger partial charge is 0.322 e. The standard InChI is InChI=1S/C20H18N4O4/c1-12-3-5-13(6-4-12)18-17-16(22(2)20(26)21-18)11-23(19(17)25)14-7-9-15(10-8-14)24(27)28/h3-10,18H,11H2,1-2H3,(H,21,26)/t18-/m1/s1. The zero-order chi connectivity index (χ0) is 20.0. The maximum atomic E-state index is 13.2. The van der Waals surface area contributed by atoms with Crippen LogP contribution in [0.2, 0.25) is 0 Å². The lowest BCUT2D eigenvalue weighted by molar-refractivity contribution is -0.384. The van der Waals surface area contributed by atoms with Crippen LogP contribution < -0.4 is 10.2 Å². The van der Waals surface area contributed by atoms with Crippen molar-refractivity contribution in [1.82, 2.24) is 10.2 Å². The average molecular weight is 378 g/mol. The Hall–Kier alpha value is -3.68. The van der Waals surface area contributed by atoms with Gasteiger partial charge in [-0.15, -0.1) is 0 Å². The number of anilines is 1. The number of likely N-dealkylation sites (N-methyl/N-ethyl adjacent to an activating group) is 1. The molecule has 8 nitrogen and oxygen atoms in total. The molecule has 2 heterocycles. The molecule has 4 rings (SSSR count). The Bertz CT molecular complexity index is 1010. The predicted octanol–water partition coefficient (Wildman–Crippen LogP) is 2.90. The number of rotatable bonds is 3. The summed E-state index contributed by atoms with van der Waals surface area (Å²) in [4.78, 5) is 39.0. The van der Waals surface area contributed by atoms with Crippen molar-refractivity contribution >= 4 is 23.3 Å². The van der Waals surface area contributed by atoms with Gasteiger partial charge in [-0.25, -0.2) is 4.79 Å². The SMILES string of the molecule is Cc1ccc([C@H]2NC(=O)N(C)C3=C2C(=O)N(c2ccc([N+](=O)[O-])cc2)C3)cc1. The zero-order valence-electron chi connectivity index (χ0n) is 15.4. The number of nitro groups is 1. The normalized spacial score (nSPS) is 19.0. The van der Waals surface area contributed by atoms with Gasteiger partial charge in [0, 0.05) is 24.9 Å². The summed E-state index contributed by atoms with van der Waals surface area (Å²) in [5.74, 6) is -0.221. The van der Waals surface area contributed by atoms with Crippen molar-refractivity contribution in [3.8, 4) is 0 Å². The number of non-ortho nitro benzene ring substituents is 1.